The van der Waals surface area contributed by atoms with Crippen LogP contribution in [-0.4, -0.2) is 33.9 Å². The maximum atomic E-state index is 9.88. The topological polar surface area (TPSA) is 56.6 Å². The predicted octanol–water partition coefficient (Wildman–Crippen LogP) is 1.49. The molecule has 0 radical (unpaired) electrons. The van der Waals surface area contributed by atoms with Crippen molar-refractivity contribution >= 4 is 5.82 Å². The van der Waals surface area contributed by atoms with Gasteiger partial charge in [-0.15, -0.1) is 0 Å². The number of piperidine rings is 1. The second-order valence-corrected chi connectivity index (χ2v) is 5.11. The maximum Gasteiger partial charge on any atom is 0.128 e. The summed E-state index contributed by atoms with van der Waals surface area (Å²) in [6, 6.07) is 3.84. The lowest BCUT2D eigenvalue weighted by molar-refractivity contribution is 0.0350. The Labute approximate surface area is 102 Å². The molecule has 0 aromatic carbocycles. The largest absolute Gasteiger partial charge is 0.390 e. The van der Waals surface area contributed by atoms with Crippen molar-refractivity contribution in [3.8, 4) is 0 Å². The molecule has 2 rings (SSSR count). The number of hydrogen-bond donors (Lipinski definition) is 2. The molecule has 94 valence electrons. The molecule has 2 heterocycles. The molecular weight excluding hydrogens is 216 g/mol. The Balaban J connectivity index is 2.04. The van der Waals surface area contributed by atoms with E-state index >= 15 is 0 Å². The normalized spacial score (nSPS) is 21.3. The summed E-state index contributed by atoms with van der Waals surface area (Å²) >= 11 is 0. The molecule has 0 amide bonds. The van der Waals surface area contributed by atoms with Gasteiger partial charge in [-0.1, -0.05) is 6.07 Å². The van der Waals surface area contributed by atoms with Gasteiger partial charge in [-0.3, -0.25) is 0 Å². The van der Waals surface area contributed by atoms with Crippen molar-refractivity contribution in [2.75, 3.05) is 18.0 Å². The zero-order valence-electron chi connectivity index (χ0n) is 10.4. The average Bonchev–Trinajstić information content (AvgIpc) is 2.29. The zero-order valence-corrected chi connectivity index (χ0v) is 10.4. The van der Waals surface area contributed by atoms with Crippen LogP contribution in [0.15, 0.2) is 18.3 Å². The molecule has 1 aliphatic heterocycles. The van der Waals surface area contributed by atoms with Gasteiger partial charge in [-0.25, -0.2) is 4.98 Å². The van der Waals surface area contributed by atoms with E-state index in [0.29, 0.717) is 0 Å². The van der Waals surface area contributed by atoms with Gasteiger partial charge in [0, 0.05) is 19.3 Å². The van der Waals surface area contributed by atoms with Crippen molar-refractivity contribution in [1.82, 2.24) is 4.98 Å². The van der Waals surface area contributed by atoms with E-state index in [4.69, 9.17) is 0 Å². The summed E-state index contributed by atoms with van der Waals surface area (Å²) < 4.78 is 0. The Bertz CT molecular complexity index is 364. The molecule has 0 spiro atoms. The van der Waals surface area contributed by atoms with Crippen molar-refractivity contribution in [3.05, 3.63) is 23.9 Å². The van der Waals surface area contributed by atoms with Crippen LogP contribution in [0.4, 0.5) is 5.82 Å². The highest BCUT2D eigenvalue weighted by molar-refractivity contribution is 5.40. The van der Waals surface area contributed by atoms with Crippen LogP contribution in [-0.2, 0) is 0 Å². The third kappa shape index (κ3) is 2.96. The lowest BCUT2D eigenvalue weighted by Gasteiger charge is -2.36. The first-order valence-corrected chi connectivity index (χ1v) is 6.09. The minimum atomic E-state index is -0.532. The first-order chi connectivity index (χ1) is 7.98. The number of nitrogens with zero attached hydrogens (tertiary/aromatic N) is 2. The van der Waals surface area contributed by atoms with Gasteiger partial charge in [0.1, 0.15) is 5.82 Å². The predicted molar refractivity (Wildman–Crippen MR) is 66.9 cm³/mol. The van der Waals surface area contributed by atoms with Crippen LogP contribution >= 0.6 is 0 Å². The van der Waals surface area contributed by atoms with Gasteiger partial charge in [-0.05, 0) is 38.3 Å². The van der Waals surface area contributed by atoms with Crippen LogP contribution in [0.1, 0.15) is 38.4 Å². The van der Waals surface area contributed by atoms with Crippen molar-refractivity contribution in [2.24, 2.45) is 0 Å². The third-order valence-corrected chi connectivity index (χ3v) is 3.42. The van der Waals surface area contributed by atoms with Crippen LogP contribution in [0.25, 0.3) is 0 Å². The fourth-order valence-corrected chi connectivity index (χ4v) is 2.05. The molecule has 1 unspecified atom stereocenters. The van der Waals surface area contributed by atoms with E-state index in [-0.39, 0.29) is 0 Å². The van der Waals surface area contributed by atoms with E-state index in [9.17, 15) is 10.2 Å². The van der Waals surface area contributed by atoms with E-state index in [0.717, 1.165) is 37.3 Å². The summed E-state index contributed by atoms with van der Waals surface area (Å²) in [5.41, 5.74) is 0.300. The average molecular weight is 236 g/mol. The monoisotopic (exact) mass is 236 g/mol. The summed E-state index contributed by atoms with van der Waals surface area (Å²) in [4.78, 5) is 6.53. The number of rotatable bonds is 2. The van der Waals surface area contributed by atoms with Crippen molar-refractivity contribution in [2.45, 2.75) is 38.4 Å². The Morgan fingerprint density at radius 3 is 2.47 bits per heavy atom. The Hall–Kier alpha value is -1.13. The lowest BCUT2D eigenvalue weighted by Crippen LogP contribution is -2.42. The van der Waals surface area contributed by atoms with Crippen molar-refractivity contribution in [3.63, 3.8) is 0 Å². The molecule has 2 N–H and O–H groups in total. The molecule has 1 saturated heterocycles. The highest BCUT2D eigenvalue weighted by atomic mass is 16.3. The first-order valence-electron chi connectivity index (χ1n) is 6.09. The maximum absolute atomic E-state index is 9.88. The molecule has 0 bridgehead atoms. The Kier molecular flexibility index (Phi) is 3.35. The number of aliphatic hydroxyl groups excluding tert-OH is 1. The Morgan fingerprint density at radius 2 is 2.00 bits per heavy atom. The second kappa shape index (κ2) is 4.63. The number of aliphatic hydroxyl groups is 2. The van der Waals surface area contributed by atoms with Crippen LogP contribution in [0.3, 0.4) is 0 Å². The van der Waals surface area contributed by atoms with Crippen LogP contribution in [0, 0.1) is 0 Å². The number of anilines is 1. The Morgan fingerprint density at radius 1 is 1.35 bits per heavy atom. The van der Waals surface area contributed by atoms with Crippen LogP contribution in [0.2, 0.25) is 0 Å². The quantitative estimate of drug-likeness (QED) is 0.816. The fraction of sp³-hybridized carbons (Fsp3) is 0.615. The second-order valence-electron chi connectivity index (χ2n) is 5.11. The molecule has 1 fully saturated rings. The summed E-state index contributed by atoms with van der Waals surface area (Å²) in [5.74, 6) is 0.921. The molecule has 0 saturated carbocycles. The molecule has 4 nitrogen and oxygen atoms in total. The van der Waals surface area contributed by atoms with Gasteiger partial charge < -0.3 is 15.1 Å². The van der Waals surface area contributed by atoms with Gasteiger partial charge in [0.15, 0.2) is 0 Å². The molecule has 1 aromatic heterocycles. The van der Waals surface area contributed by atoms with Crippen LogP contribution < -0.4 is 4.90 Å². The summed E-state index contributed by atoms with van der Waals surface area (Å²) in [7, 11) is 0. The summed E-state index contributed by atoms with van der Waals surface area (Å²) in [6.07, 6.45) is 2.78. The standard InChI is InChI=1S/C13H20N2O2/c1-10(16)11-3-4-12(14-9-11)15-7-5-13(2,17)6-8-15/h3-4,9-10,16-17H,5-8H2,1-2H3. The third-order valence-electron chi connectivity index (χ3n) is 3.42. The zero-order chi connectivity index (χ0) is 12.5. The minimum absolute atomic E-state index is 0.473. The molecular formula is C13H20N2O2. The fourth-order valence-electron chi connectivity index (χ4n) is 2.05. The van der Waals surface area contributed by atoms with Gasteiger partial charge >= 0.3 is 0 Å². The van der Waals surface area contributed by atoms with E-state index in [1.165, 1.54) is 0 Å². The van der Waals surface area contributed by atoms with E-state index in [1.807, 2.05) is 19.1 Å². The number of aromatic nitrogens is 1. The molecule has 1 atom stereocenters. The highest BCUT2D eigenvalue weighted by Crippen LogP contribution is 2.25. The number of hydrogen-bond acceptors (Lipinski definition) is 4. The highest BCUT2D eigenvalue weighted by Gasteiger charge is 2.27. The smallest absolute Gasteiger partial charge is 0.128 e. The van der Waals surface area contributed by atoms with Crippen LogP contribution in [0.5, 0.6) is 0 Å². The molecule has 17 heavy (non-hydrogen) atoms. The van der Waals surface area contributed by atoms with E-state index in [2.05, 4.69) is 9.88 Å². The SMILES string of the molecule is CC(O)c1ccc(N2CCC(C)(O)CC2)nc1. The minimum Gasteiger partial charge on any atom is -0.390 e. The van der Waals surface area contributed by atoms with Crippen molar-refractivity contribution in [1.29, 1.82) is 0 Å². The van der Waals surface area contributed by atoms with E-state index < -0.39 is 11.7 Å². The van der Waals surface area contributed by atoms with Gasteiger partial charge in [-0.2, -0.15) is 0 Å². The molecule has 1 aromatic rings. The number of pyridine rings is 1. The van der Waals surface area contributed by atoms with Gasteiger partial charge in [0.25, 0.3) is 0 Å². The molecule has 4 heteroatoms. The van der Waals surface area contributed by atoms with E-state index in [1.54, 1.807) is 13.1 Å². The van der Waals surface area contributed by atoms with Gasteiger partial charge in [0.2, 0.25) is 0 Å². The lowest BCUT2D eigenvalue weighted by atomic mass is 9.94. The van der Waals surface area contributed by atoms with Gasteiger partial charge in [0.05, 0.1) is 11.7 Å². The van der Waals surface area contributed by atoms with Crippen molar-refractivity contribution < 1.29 is 10.2 Å². The molecule has 0 aliphatic carbocycles. The first kappa shape index (κ1) is 12.3. The summed E-state index contributed by atoms with van der Waals surface area (Å²) in [6.45, 7) is 5.27. The molecule has 1 aliphatic rings. The summed E-state index contributed by atoms with van der Waals surface area (Å²) in [5, 5.41) is 19.3.